The molecule has 9 nitrogen and oxygen atoms in total. The Morgan fingerprint density at radius 2 is 1.80 bits per heavy atom. The van der Waals surface area contributed by atoms with Gasteiger partial charge in [-0.05, 0) is 30.3 Å². The van der Waals surface area contributed by atoms with Crippen LogP contribution in [0.4, 0.5) is 11.4 Å². The molecule has 0 atom stereocenters. The molecular formula is C16H10N2O7. The maximum Gasteiger partial charge on any atom is 0.335 e. The molecule has 0 aromatic heterocycles. The molecule has 0 unspecified atom stereocenters. The number of hydrogen-bond donors (Lipinski definition) is 1. The summed E-state index contributed by atoms with van der Waals surface area (Å²) in [6, 6.07) is 7.20. The second-order valence-corrected chi connectivity index (χ2v) is 5.12. The Morgan fingerprint density at radius 3 is 2.40 bits per heavy atom. The third-order valence-electron chi connectivity index (χ3n) is 3.75. The largest absolute Gasteiger partial charge is 0.496 e. The Labute approximate surface area is 140 Å². The zero-order valence-electron chi connectivity index (χ0n) is 12.8. The summed E-state index contributed by atoms with van der Waals surface area (Å²) < 4.78 is 4.92. The van der Waals surface area contributed by atoms with Gasteiger partial charge >= 0.3 is 5.97 Å². The smallest absolute Gasteiger partial charge is 0.335 e. The molecule has 126 valence electrons. The molecular weight excluding hydrogens is 332 g/mol. The summed E-state index contributed by atoms with van der Waals surface area (Å²) in [4.78, 5) is 47.4. The van der Waals surface area contributed by atoms with Crippen molar-refractivity contribution >= 4 is 29.2 Å². The summed E-state index contributed by atoms with van der Waals surface area (Å²) in [5.74, 6) is -2.64. The van der Waals surface area contributed by atoms with Crippen molar-refractivity contribution in [3.05, 3.63) is 63.2 Å². The van der Waals surface area contributed by atoms with E-state index in [4.69, 9.17) is 9.84 Å². The minimum Gasteiger partial charge on any atom is -0.496 e. The lowest BCUT2D eigenvalue weighted by Gasteiger charge is -2.14. The second-order valence-electron chi connectivity index (χ2n) is 5.12. The van der Waals surface area contributed by atoms with Crippen LogP contribution in [0.2, 0.25) is 0 Å². The maximum absolute atomic E-state index is 12.6. The minimum atomic E-state index is -1.25. The van der Waals surface area contributed by atoms with Gasteiger partial charge in [0.05, 0.1) is 34.8 Å². The zero-order chi connectivity index (χ0) is 18.3. The number of nitro groups is 1. The number of fused-ring (bicyclic) bond motifs is 1. The van der Waals surface area contributed by atoms with Crippen LogP contribution in [0.15, 0.2) is 36.4 Å². The number of carbonyl (C=O) groups is 3. The molecule has 0 radical (unpaired) electrons. The van der Waals surface area contributed by atoms with Crippen molar-refractivity contribution in [2.45, 2.75) is 0 Å². The lowest BCUT2D eigenvalue weighted by Crippen LogP contribution is -2.30. The number of methoxy groups -OCH3 is 1. The van der Waals surface area contributed by atoms with Crippen molar-refractivity contribution in [3.63, 3.8) is 0 Å². The van der Waals surface area contributed by atoms with Gasteiger partial charge in [-0.3, -0.25) is 19.7 Å². The number of aromatic carboxylic acids is 1. The van der Waals surface area contributed by atoms with E-state index in [0.717, 1.165) is 12.1 Å². The van der Waals surface area contributed by atoms with Crippen LogP contribution in [0.3, 0.4) is 0 Å². The number of hydrogen-bond acceptors (Lipinski definition) is 6. The first kappa shape index (κ1) is 16.1. The first-order valence-electron chi connectivity index (χ1n) is 6.93. The molecule has 0 bridgehead atoms. The van der Waals surface area contributed by atoms with Crippen LogP contribution in [-0.2, 0) is 0 Å². The number of nitrogens with zero attached hydrogens (tertiary/aromatic N) is 2. The number of ether oxygens (including phenoxy) is 1. The van der Waals surface area contributed by atoms with Crippen LogP contribution in [0.1, 0.15) is 31.1 Å². The van der Waals surface area contributed by atoms with Gasteiger partial charge in [0.2, 0.25) is 0 Å². The molecule has 9 heteroatoms. The monoisotopic (exact) mass is 342 g/mol. The highest BCUT2D eigenvalue weighted by molar-refractivity contribution is 6.35. The molecule has 0 saturated heterocycles. The normalized spacial score (nSPS) is 12.9. The van der Waals surface area contributed by atoms with E-state index in [2.05, 4.69) is 0 Å². The molecule has 0 saturated carbocycles. The molecule has 2 aromatic rings. The fraction of sp³-hybridized carbons (Fsp3) is 0.0625. The van der Waals surface area contributed by atoms with Gasteiger partial charge in [-0.2, -0.15) is 0 Å². The summed E-state index contributed by atoms with van der Waals surface area (Å²) in [7, 11) is 1.33. The standard InChI is InChI=1S/C16H10N2O7/c1-25-9-3-5-12(13(7-9)18(23)24)17-14(19)10-4-2-8(16(21)22)6-11(10)15(17)20/h2-7H,1H3,(H,21,22). The number of amides is 2. The molecule has 1 heterocycles. The predicted octanol–water partition coefficient (Wildman–Crippen LogP) is 2.10. The molecule has 0 spiro atoms. The number of nitro benzene ring substituents is 1. The third kappa shape index (κ3) is 2.47. The van der Waals surface area contributed by atoms with E-state index in [-0.39, 0.29) is 28.1 Å². The van der Waals surface area contributed by atoms with Crippen LogP contribution in [0.25, 0.3) is 0 Å². The van der Waals surface area contributed by atoms with Gasteiger partial charge in [-0.15, -0.1) is 0 Å². The highest BCUT2D eigenvalue weighted by Gasteiger charge is 2.40. The van der Waals surface area contributed by atoms with E-state index >= 15 is 0 Å². The van der Waals surface area contributed by atoms with Crippen LogP contribution < -0.4 is 9.64 Å². The van der Waals surface area contributed by atoms with Gasteiger partial charge < -0.3 is 9.84 Å². The second kappa shape index (κ2) is 5.71. The van der Waals surface area contributed by atoms with E-state index in [1.165, 1.54) is 31.4 Å². The van der Waals surface area contributed by atoms with Crippen LogP contribution in [0, 0.1) is 10.1 Å². The molecule has 0 fully saturated rings. The molecule has 25 heavy (non-hydrogen) atoms. The highest BCUT2D eigenvalue weighted by atomic mass is 16.6. The van der Waals surface area contributed by atoms with E-state index in [1.807, 2.05) is 0 Å². The van der Waals surface area contributed by atoms with E-state index in [9.17, 15) is 24.5 Å². The molecule has 0 aliphatic carbocycles. The highest BCUT2D eigenvalue weighted by Crippen LogP contribution is 2.37. The van der Waals surface area contributed by atoms with E-state index in [0.29, 0.717) is 4.90 Å². The number of rotatable bonds is 4. The molecule has 3 rings (SSSR count). The summed E-state index contributed by atoms with van der Waals surface area (Å²) in [5, 5.41) is 20.3. The Bertz CT molecular complexity index is 951. The Hall–Kier alpha value is -3.75. The summed E-state index contributed by atoms with van der Waals surface area (Å²) in [6.07, 6.45) is 0. The summed E-state index contributed by atoms with van der Waals surface area (Å²) >= 11 is 0. The number of carboxylic acids is 1. The average molecular weight is 342 g/mol. The molecule has 1 aliphatic heterocycles. The zero-order valence-corrected chi connectivity index (χ0v) is 12.8. The quantitative estimate of drug-likeness (QED) is 0.512. The summed E-state index contributed by atoms with van der Waals surface area (Å²) in [6.45, 7) is 0. The first-order valence-corrected chi connectivity index (χ1v) is 6.93. The Kier molecular flexibility index (Phi) is 3.68. The Balaban J connectivity index is 2.14. The van der Waals surface area contributed by atoms with Crippen molar-refractivity contribution in [2.24, 2.45) is 0 Å². The molecule has 1 N–H and O–H groups in total. The number of carboxylic acid groups (broad SMARTS) is 1. The SMILES string of the molecule is COc1ccc(N2C(=O)c3ccc(C(=O)O)cc3C2=O)c([N+](=O)[O-])c1. The number of carbonyl (C=O) groups excluding carboxylic acids is 2. The minimum absolute atomic E-state index is 0.0138. The average Bonchev–Trinajstić information content (AvgIpc) is 2.84. The summed E-state index contributed by atoms with van der Waals surface area (Å²) in [5.41, 5.74) is -0.984. The lowest BCUT2D eigenvalue weighted by molar-refractivity contribution is -0.384. The van der Waals surface area contributed by atoms with Crippen LogP contribution in [0.5, 0.6) is 5.75 Å². The van der Waals surface area contributed by atoms with Crippen molar-refractivity contribution in [2.75, 3.05) is 12.0 Å². The first-order chi connectivity index (χ1) is 11.8. The van der Waals surface area contributed by atoms with Gasteiger partial charge in [0.25, 0.3) is 17.5 Å². The van der Waals surface area contributed by atoms with Crippen molar-refractivity contribution in [3.8, 4) is 5.75 Å². The predicted molar refractivity (Wildman–Crippen MR) is 84.2 cm³/mol. The van der Waals surface area contributed by atoms with Crippen molar-refractivity contribution in [1.82, 2.24) is 0 Å². The van der Waals surface area contributed by atoms with Gasteiger partial charge in [0, 0.05) is 0 Å². The number of imide groups is 1. The fourth-order valence-electron chi connectivity index (χ4n) is 2.56. The molecule has 2 amide bonds. The van der Waals surface area contributed by atoms with Gasteiger partial charge in [0.15, 0.2) is 0 Å². The lowest BCUT2D eigenvalue weighted by atomic mass is 10.1. The fourth-order valence-corrected chi connectivity index (χ4v) is 2.56. The van der Waals surface area contributed by atoms with Crippen molar-refractivity contribution < 1.29 is 29.2 Å². The number of benzene rings is 2. The van der Waals surface area contributed by atoms with Gasteiger partial charge in [-0.1, -0.05) is 0 Å². The molecule has 2 aromatic carbocycles. The Morgan fingerprint density at radius 1 is 1.12 bits per heavy atom. The molecule has 1 aliphatic rings. The van der Waals surface area contributed by atoms with Crippen molar-refractivity contribution in [1.29, 1.82) is 0 Å². The van der Waals surface area contributed by atoms with Crippen LogP contribution >= 0.6 is 0 Å². The topological polar surface area (TPSA) is 127 Å². The van der Waals surface area contributed by atoms with Gasteiger partial charge in [-0.25, -0.2) is 9.69 Å². The van der Waals surface area contributed by atoms with Gasteiger partial charge in [0.1, 0.15) is 11.4 Å². The van der Waals surface area contributed by atoms with E-state index < -0.39 is 28.4 Å². The maximum atomic E-state index is 12.6. The van der Waals surface area contributed by atoms with E-state index in [1.54, 1.807) is 0 Å². The van der Waals surface area contributed by atoms with Crippen LogP contribution in [-0.4, -0.2) is 34.9 Å². The third-order valence-corrected chi connectivity index (χ3v) is 3.75. The number of anilines is 1.